The first-order valence-electron chi connectivity index (χ1n) is 8.99. The lowest BCUT2D eigenvalue weighted by molar-refractivity contribution is 0.346. The molecule has 0 spiro atoms. The molecule has 0 amide bonds. The molecule has 4 rings (SSSR count). The lowest BCUT2D eigenvalue weighted by Crippen LogP contribution is -2.26. The van der Waals surface area contributed by atoms with Gasteiger partial charge in [0.2, 0.25) is 0 Å². The van der Waals surface area contributed by atoms with Crippen LogP contribution in [0.3, 0.4) is 0 Å². The molecule has 0 bridgehead atoms. The fourth-order valence-electron chi connectivity index (χ4n) is 3.31. The first-order valence-corrected chi connectivity index (χ1v) is 9.80. The maximum atomic E-state index is 10.6. The minimum atomic E-state index is 0.201. The van der Waals surface area contributed by atoms with Crippen LogP contribution in [0.4, 0.5) is 0 Å². The Hall–Kier alpha value is -3.12. The Kier molecular flexibility index (Phi) is 4.88. The number of nitrogens with one attached hydrogen (secondary N) is 1. The van der Waals surface area contributed by atoms with Crippen LogP contribution >= 0.6 is 11.3 Å². The number of aryl methyl sites for hydroxylation is 1. The molecule has 2 aromatic carbocycles. The van der Waals surface area contributed by atoms with Crippen LogP contribution in [-0.2, 0) is 6.54 Å². The van der Waals surface area contributed by atoms with Crippen LogP contribution in [0.15, 0.2) is 60.4 Å². The van der Waals surface area contributed by atoms with Crippen molar-refractivity contribution in [3.63, 3.8) is 0 Å². The van der Waals surface area contributed by atoms with Gasteiger partial charge < -0.3 is 14.7 Å². The number of hydrogen-bond acceptors (Lipinski definition) is 5. The molecule has 1 aromatic heterocycles. The van der Waals surface area contributed by atoms with Crippen molar-refractivity contribution in [3.05, 3.63) is 75.8 Å². The number of ether oxygens (including phenoxy) is 1. The second-order valence-corrected chi connectivity index (χ2v) is 7.87. The Balaban J connectivity index is 1.57. The Morgan fingerprint density at radius 3 is 2.54 bits per heavy atom. The Morgan fingerprint density at radius 1 is 1.14 bits per heavy atom. The zero-order chi connectivity index (χ0) is 19.7. The molecule has 0 unspecified atom stereocenters. The predicted molar refractivity (Wildman–Crippen MR) is 113 cm³/mol. The zero-order valence-corrected chi connectivity index (χ0v) is 16.6. The van der Waals surface area contributed by atoms with E-state index in [0.717, 1.165) is 27.4 Å². The smallest absolute Gasteiger partial charge is 0.135 e. The molecule has 0 saturated carbocycles. The van der Waals surface area contributed by atoms with Gasteiger partial charge in [0.25, 0.3) is 0 Å². The Morgan fingerprint density at radius 2 is 1.86 bits per heavy atom. The number of aromatic nitrogens is 1. The highest BCUT2D eigenvalue weighted by atomic mass is 32.1. The van der Waals surface area contributed by atoms with Crippen LogP contribution in [0.5, 0.6) is 5.75 Å². The van der Waals surface area contributed by atoms with E-state index in [2.05, 4.69) is 0 Å². The maximum absolute atomic E-state index is 10.6. The first kappa shape index (κ1) is 18.3. The highest BCUT2D eigenvalue weighted by Gasteiger charge is 2.30. The second kappa shape index (κ2) is 7.48. The highest BCUT2D eigenvalue weighted by Crippen LogP contribution is 2.35. The monoisotopic (exact) mass is 391 g/mol. The molecular weight excluding hydrogens is 370 g/mol. The van der Waals surface area contributed by atoms with E-state index in [9.17, 15) is 5.11 Å². The Labute approximate surface area is 168 Å². The van der Waals surface area contributed by atoms with Gasteiger partial charge in [-0.05, 0) is 24.6 Å². The average Bonchev–Trinajstić information content (AvgIpc) is 3.22. The van der Waals surface area contributed by atoms with Gasteiger partial charge in [0.1, 0.15) is 22.4 Å². The lowest BCUT2D eigenvalue weighted by Gasteiger charge is -2.18. The zero-order valence-electron chi connectivity index (χ0n) is 15.8. The molecule has 1 aliphatic rings. The molecule has 1 aliphatic heterocycles. The number of nitrogens with zero attached hydrogens (tertiary/aromatic N) is 2. The highest BCUT2D eigenvalue weighted by molar-refractivity contribution is 7.13. The summed E-state index contributed by atoms with van der Waals surface area (Å²) in [5.74, 6) is 1.31. The average molecular weight is 391 g/mol. The van der Waals surface area contributed by atoms with E-state index < -0.39 is 0 Å². The lowest BCUT2D eigenvalue weighted by atomic mass is 10.1. The van der Waals surface area contributed by atoms with Crippen LogP contribution in [0, 0.1) is 12.3 Å². The van der Waals surface area contributed by atoms with Gasteiger partial charge in [0, 0.05) is 17.0 Å². The number of aliphatic hydroxyl groups excluding tert-OH is 1. The van der Waals surface area contributed by atoms with Gasteiger partial charge in [0.05, 0.1) is 24.9 Å². The van der Waals surface area contributed by atoms with Gasteiger partial charge in [-0.1, -0.05) is 42.5 Å². The molecule has 0 fully saturated rings. The second-order valence-electron chi connectivity index (χ2n) is 6.66. The van der Waals surface area contributed by atoms with Gasteiger partial charge >= 0.3 is 0 Å². The van der Waals surface area contributed by atoms with Crippen molar-refractivity contribution in [2.24, 2.45) is 0 Å². The van der Waals surface area contributed by atoms with Crippen molar-refractivity contribution in [1.29, 1.82) is 5.41 Å². The van der Waals surface area contributed by atoms with Crippen LogP contribution in [0.1, 0.15) is 15.4 Å². The summed E-state index contributed by atoms with van der Waals surface area (Å²) in [5, 5.41) is 19.8. The molecule has 142 valence electrons. The molecule has 2 heterocycles. The van der Waals surface area contributed by atoms with Crippen molar-refractivity contribution in [3.8, 4) is 17.0 Å². The van der Waals surface area contributed by atoms with Gasteiger partial charge in [-0.15, -0.1) is 11.3 Å². The van der Waals surface area contributed by atoms with Crippen molar-refractivity contribution in [2.45, 2.75) is 13.5 Å². The van der Waals surface area contributed by atoms with Gasteiger partial charge in [-0.3, -0.25) is 5.41 Å². The molecule has 28 heavy (non-hydrogen) atoms. The summed E-state index contributed by atoms with van der Waals surface area (Å²) < 4.78 is 5.19. The molecule has 5 nitrogen and oxygen atoms in total. The maximum Gasteiger partial charge on any atom is 0.135 e. The van der Waals surface area contributed by atoms with Gasteiger partial charge in [-0.25, -0.2) is 4.98 Å². The minimum absolute atomic E-state index is 0.201. The first-order chi connectivity index (χ1) is 13.6. The number of aliphatic hydroxyl groups is 1. The number of amidine groups is 1. The number of methoxy groups -OCH3 is 1. The minimum Gasteiger partial charge on any atom is -0.510 e. The normalized spacial score (nSPS) is 14.1. The molecule has 3 aromatic rings. The van der Waals surface area contributed by atoms with Crippen LogP contribution in [0.2, 0.25) is 0 Å². The SMILES string of the molecule is COc1ccc(CN2CC(O)=C(c3nc(-c4ccccc4)c(C)s3)C2=N)cc1. The van der Waals surface area contributed by atoms with Crippen molar-refractivity contribution >= 4 is 22.7 Å². The van der Waals surface area contributed by atoms with Crippen LogP contribution < -0.4 is 4.74 Å². The quantitative estimate of drug-likeness (QED) is 0.650. The largest absolute Gasteiger partial charge is 0.510 e. The fraction of sp³-hybridized carbons (Fsp3) is 0.182. The molecule has 2 N–H and O–H groups in total. The summed E-state index contributed by atoms with van der Waals surface area (Å²) in [4.78, 5) is 7.67. The number of rotatable bonds is 5. The van der Waals surface area contributed by atoms with Gasteiger partial charge in [-0.2, -0.15) is 0 Å². The number of benzene rings is 2. The van der Waals surface area contributed by atoms with E-state index in [1.54, 1.807) is 7.11 Å². The van der Waals surface area contributed by atoms with E-state index in [1.165, 1.54) is 11.3 Å². The number of thiazole rings is 1. The third-order valence-electron chi connectivity index (χ3n) is 4.77. The van der Waals surface area contributed by atoms with Crippen LogP contribution in [-0.4, -0.2) is 34.5 Å². The summed E-state index contributed by atoms with van der Waals surface area (Å²) in [6.07, 6.45) is 0. The third kappa shape index (κ3) is 3.39. The van der Waals surface area contributed by atoms with E-state index >= 15 is 0 Å². The number of hydrogen-bond donors (Lipinski definition) is 2. The molecule has 0 radical (unpaired) electrons. The van der Waals surface area contributed by atoms with E-state index in [0.29, 0.717) is 29.5 Å². The Bertz CT molecular complexity index is 1040. The summed E-state index contributed by atoms with van der Waals surface area (Å²) in [5.41, 5.74) is 3.54. The molecule has 6 heteroatoms. The van der Waals surface area contributed by atoms with E-state index in [4.69, 9.17) is 15.1 Å². The standard InChI is InChI=1S/C22H21N3O2S/c1-14-20(16-6-4-3-5-7-16)24-22(28-14)19-18(26)13-25(21(19)23)12-15-8-10-17(27-2)11-9-15/h3-11,23,26H,12-13H2,1-2H3. The third-order valence-corrected chi connectivity index (χ3v) is 5.76. The molecule has 0 saturated heterocycles. The fourth-order valence-corrected chi connectivity index (χ4v) is 4.32. The van der Waals surface area contributed by atoms with Crippen molar-refractivity contribution < 1.29 is 9.84 Å². The molecule has 0 aliphatic carbocycles. The van der Waals surface area contributed by atoms with Gasteiger partial charge in [0.15, 0.2) is 0 Å². The van der Waals surface area contributed by atoms with E-state index in [1.807, 2.05) is 66.4 Å². The predicted octanol–water partition coefficient (Wildman–Crippen LogP) is 4.89. The molecule has 0 atom stereocenters. The topological polar surface area (TPSA) is 69.4 Å². The van der Waals surface area contributed by atoms with E-state index in [-0.39, 0.29) is 5.76 Å². The summed E-state index contributed by atoms with van der Waals surface area (Å²) in [6, 6.07) is 17.7. The summed E-state index contributed by atoms with van der Waals surface area (Å²) >= 11 is 1.51. The summed E-state index contributed by atoms with van der Waals surface area (Å²) in [7, 11) is 1.64. The van der Waals surface area contributed by atoms with Crippen molar-refractivity contribution in [2.75, 3.05) is 13.7 Å². The molecular formula is C22H21N3O2S. The van der Waals surface area contributed by atoms with Crippen molar-refractivity contribution in [1.82, 2.24) is 9.88 Å². The van der Waals surface area contributed by atoms with Crippen LogP contribution in [0.25, 0.3) is 16.8 Å². The summed E-state index contributed by atoms with van der Waals surface area (Å²) in [6.45, 7) is 2.89.